The van der Waals surface area contributed by atoms with Gasteiger partial charge in [-0.2, -0.15) is 5.01 Å². The molecule has 0 aromatic rings. The van der Waals surface area contributed by atoms with Gasteiger partial charge in [0.1, 0.15) is 0 Å². The van der Waals surface area contributed by atoms with E-state index in [4.69, 9.17) is 5.11 Å². The van der Waals surface area contributed by atoms with Crippen LogP contribution in [0.1, 0.15) is 12.8 Å². The van der Waals surface area contributed by atoms with Crippen molar-refractivity contribution in [3.63, 3.8) is 0 Å². The van der Waals surface area contributed by atoms with Crippen molar-refractivity contribution in [2.24, 2.45) is 0 Å². The van der Waals surface area contributed by atoms with Crippen LogP contribution < -0.4 is 0 Å². The van der Waals surface area contributed by atoms with Crippen LogP contribution in [0, 0.1) is 0 Å². The molecule has 0 bridgehead atoms. The van der Waals surface area contributed by atoms with Gasteiger partial charge in [0.2, 0.25) is 11.8 Å². The molecule has 2 heterocycles. The third kappa shape index (κ3) is 3.37. The van der Waals surface area contributed by atoms with Crippen molar-refractivity contribution in [2.75, 3.05) is 18.1 Å². The van der Waals surface area contributed by atoms with Gasteiger partial charge < -0.3 is 5.11 Å². The normalized spacial score (nSPS) is 19.1. The zero-order chi connectivity index (χ0) is 13.8. The maximum Gasteiger partial charge on any atom is 0.313 e. The van der Waals surface area contributed by atoms with Gasteiger partial charge in [-0.25, -0.2) is 0 Å². The van der Waals surface area contributed by atoms with Gasteiger partial charge in [0.25, 0.3) is 0 Å². The number of allylic oxidation sites excluding steroid dienone is 1. The van der Waals surface area contributed by atoms with E-state index in [1.54, 1.807) is 17.3 Å². The molecule has 1 fully saturated rings. The van der Waals surface area contributed by atoms with Crippen LogP contribution in [0.15, 0.2) is 23.9 Å². The number of imide groups is 1. The van der Waals surface area contributed by atoms with Crippen LogP contribution in [0.4, 0.5) is 0 Å². The number of aliphatic carboxylic acids is 1. The molecule has 0 saturated carbocycles. The molecule has 0 aromatic carbocycles. The summed E-state index contributed by atoms with van der Waals surface area (Å²) in [5, 5.41) is 11.3. The summed E-state index contributed by atoms with van der Waals surface area (Å²) in [6.07, 6.45) is 5.94. The predicted octanol–water partition coefficient (Wildman–Crippen LogP) is 0.624. The van der Waals surface area contributed by atoms with Gasteiger partial charge in [0.05, 0.1) is 12.3 Å². The minimum absolute atomic E-state index is 0.0675. The minimum atomic E-state index is -0.833. The first-order chi connectivity index (χ1) is 9.08. The van der Waals surface area contributed by atoms with Crippen LogP contribution >= 0.6 is 11.8 Å². The number of hydrogen-bond acceptors (Lipinski definition) is 5. The molecule has 0 atom stereocenters. The van der Waals surface area contributed by atoms with E-state index in [1.165, 1.54) is 16.8 Å². The van der Waals surface area contributed by atoms with Gasteiger partial charge in [0, 0.05) is 24.8 Å². The molecule has 0 unspecified atom stereocenters. The molecule has 2 aliphatic heterocycles. The number of hydrogen-bond donors (Lipinski definition) is 1. The summed E-state index contributed by atoms with van der Waals surface area (Å²) < 4.78 is 0. The molecule has 102 valence electrons. The Morgan fingerprint density at radius 2 is 2.00 bits per heavy atom. The molecule has 2 aliphatic rings. The molecule has 0 radical (unpaired) electrons. The highest BCUT2D eigenvalue weighted by molar-refractivity contribution is 8.00. The first kappa shape index (κ1) is 13.7. The Bertz CT molecular complexity index is 456. The van der Waals surface area contributed by atoms with Crippen LogP contribution in [0.2, 0.25) is 0 Å². The number of rotatable bonds is 5. The fourth-order valence-corrected chi connectivity index (χ4v) is 2.61. The van der Waals surface area contributed by atoms with E-state index in [9.17, 15) is 14.4 Å². The zero-order valence-corrected chi connectivity index (χ0v) is 11.1. The number of thioether (sulfide) groups is 1. The van der Waals surface area contributed by atoms with E-state index in [0.717, 1.165) is 5.57 Å². The van der Waals surface area contributed by atoms with Crippen molar-refractivity contribution in [1.82, 2.24) is 10.0 Å². The number of carbonyl (C=O) groups is 3. The SMILES string of the molecule is O=C(O)CSCC1=CCN(N2C(=O)CCC2=O)C=C1. The van der Waals surface area contributed by atoms with Crippen LogP contribution in [-0.2, 0) is 14.4 Å². The average molecular weight is 282 g/mol. The van der Waals surface area contributed by atoms with E-state index in [2.05, 4.69) is 0 Å². The van der Waals surface area contributed by atoms with Crippen LogP contribution in [0.3, 0.4) is 0 Å². The lowest BCUT2D eigenvalue weighted by Crippen LogP contribution is -2.43. The zero-order valence-electron chi connectivity index (χ0n) is 10.2. The van der Waals surface area contributed by atoms with Crippen molar-refractivity contribution >= 4 is 29.5 Å². The number of carboxylic acid groups (broad SMARTS) is 1. The average Bonchev–Trinajstić information content (AvgIpc) is 2.70. The van der Waals surface area contributed by atoms with Crippen LogP contribution in [0.25, 0.3) is 0 Å². The minimum Gasteiger partial charge on any atom is -0.481 e. The van der Waals surface area contributed by atoms with E-state index in [-0.39, 0.29) is 30.4 Å². The number of carbonyl (C=O) groups excluding carboxylic acids is 2. The van der Waals surface area contributed by atoms with E-state index >= 15 is 0 Å². The highest BCUT2D eigenvalue weighted by atomic mass is 32.2. The summed E-state index contributed by atoms with van der Waals surface area (Å²) in [7, 11) is 0. The number of carboxylic acids is 1. The van der Waals surface area contributed by atoms with E-state index < -0.39 is 5.97 Å². The predicted molar refractivity (Wildman–Crippen MR) is 70.0 cm³/mol. The quantitative estimate of drug-likeness (QED) is 0.745. The van der Waals surface area contributed by atoms with Crippen molar-refractivity contribution in [1.29, 1.82) is 0 Å². The summed E-state index contributed by atoms with van der Waals surface area (Å²) in [6.45, 7) is 0.455. The van der Waals surface area contributed by atoms with Gasteiger partial charge in [-0.05, 0) is 11.6 Å². The lowest BCUT2D eigenvalue weighted by Gasteiger charge is -2.29. The maximum absolute atomic E-state index is 11.6. The lowest BCUT2D eigenvalue weighted by atomic mass is 10.2. The van der Waals surface area contributed by atoms with Gasteiger partial charge in [0.15, 0.2) is 0 Å². The molecule has 0 spiro atoms. The summed E-state index contributed by atoms with van der Waals surface area (Å²) in [6, 6.07) is 0. The largest absolute Gasteiger partial charge is 0.481 e. The smallest absolute Gasteiger partial charge is 0.313 e. The first-order valence-corrected chi connectivity index (χ1v) is 7.02. The number of hydrazine groups is 1. The molecular formula is C12H14N2O4S. The molecule has 19 heavy (non-hydrogen) atoms. The number of nitrogens with zero attached hydrogens (tertiary/aromatic N) is 2. The Labute approximate surface area is 114 Å². The topological polar surface area (TPSA) is 77.9 Å². The summed E-state index contributed by atoms with van der Waals surface area (Å²) in [5.41, 5.74) is 1.00. The van der Waals surface area contributed by atoms with Crippen molar-refractivity contribution in [3.05, 3.63) is 23.9 Å². The third-order valence-corrected chi connectivity index (χ3v) is 3.77. The van der Waals surface area contributed by atoms with Crippen molar-refractivity contribution in [3.8, 4) is 0 Å². The van der Waals surface area contributed by atoms with Crippen molar-refractivity contribution < 1.29 is 19.5 Å². The molecule has 2 rings (SSSR count). The Morgan fingerprint density at radius 1 is 1.32 bits per heavy atom. The van der Waals surface area contributed by atoms with Crippen molar-refractivity contribution in [2.45, 2.75) is 12.8 Å². The monoisotopic (exact) mass is 282 g/mol. The summed E-state index contributed by atoms with van der Waals surface area (Å²) in [5.74, 6) is -0.505. The molecule has 2 amide bonds. The van der Waals surface area contributed by atoms with Gasteiger partial charge in [-0.3, -0.25) is 19.4 Å². The van der Waals surface area contributed by atoms with Crippen LogP contribution in [-0.4, -0.2) is 51.0 Å². The maximum atomic E-state index is 11.6. The van der Waals surface area contributed by atoms with Gasteiger partial charge in [-0.1, -0.05) is 6.08 Å². The molecule has 1 N–H and O–H groups in total. The molecule has 0 aliphatic carbocycles. The molecular weight excluding hydrogens is 268 g/mol. The Hall–Kier alpha value is -1.76. The first-order valence-electron chi connectivity index (χ1n) is 5.87. The second-order valence-electron chi connectivity index (χ2n) is 4.20. The highest BCUT2D eigenvalue weighted by Crippen LogP contribution is 2.19. The second kappa shape index (κ2) is 5.92. The molecule has 0 aromatic heterocycles. The lowest BCUT2D eigenvalue weighted by molar-refractivity contribution is -0.152. The Morgan fingerprint density at radius 3 is 2.53 bits per heavy atom. The fourth-order valence-electron chi connectivity index (χ4n) is 1.88. The fraction of sp³-hybridized carbons (Fsp3) is 0.417. The summed E-state index contributed by atoms with van der Waals surface area (Å²) >= 11 is 1.32. The highest BCUT2D eigenvalue weighted by Gasteiger charge is 2.32. The standard InChI is InChI=1S/C12H14N2O4S/c15-10-1-2-11(16)14(10)13-5-3-9(4-6-13)7-19-8-12(17)18/h3-5H,1-2,6-8H2,(H,17,18). The van der Waals surface area contributed by atoms with Crippen LogP contribution in [0.5, 0.6) is 0 Å². The van der Waals surface area contributed by atoms with E-state index in [1.807, 2.05) is 6.08 Å². The Kier molecular flexibility index (Phi) is 4.26. The van der Waals surface area contributed by atoms with Gasteiger partial charge in [-0.15, -0.1) is 11.8 Å². The van der Waals surface area contributed by atoms with Gasteiger partial charge >= 0.3 is 5.97 Å². The number of amides is 2. The third-order valence-electron chi connectivity index (χ3n) is 2.78. The molecule has 1 saturated heterocycles. The van der Waals surface area contributed by atoms with E-state index in [0.29, 0.717) is 12.3 Å². The molecule has 6 nitrogen and oxygen atoms in total. The summed E-state index contributed by atoms with van der Waals surface area (Å²) in [4.78, 5) is 33.5. The molecule has 7 heteroatoms. The Balaban J connectivity index is 1.86. The second-order valence-corrected chi connectivity index (χ2v) is 5.19.